The summed E-state index contributed by atoms with van der Waals surface area (Å²) in [6, 6.07) is -8.81. The molecule has 4 aromatic rings. The van der Waals surface area contributed by atoms with Crippen LogP contribution in [0.4, 0.5) is 105 Å². The van der Waals surface area contributed by atoms with Crippen LogP contribution in [0.15, 0.2) is 72.8 Å². The van der Waals surface area contributed by atoms with Gasteiger partial charge in [0.25, 0.3) is 0 Å². The molecule has 0 radical (unpaired) electrons. The summed E-state index contributed by atoms with van der Waals surface area (Å²) >= 11 is 17.2. The van der Waals surface area contributed by atoms with Gasteiger partial charge < -0.3 is 0 Å². The fraction of sp³-hybridized carbons (Fsp3) is 0.500. The summed E-state index contributed by atoms with van der Waals surface area (Å²) in [6.07, 6.45) is -54.8. The molecule has 1 aliphatic rings. The quantitative estimate of drug-likeness (QED) is 0.145. The van der Waals surface area contributed by atoms with Crippen molar-refractivity contribution in [2.75, 3.05) is 92.0 Å². The van der Waals surface area contributed by atoms with E-state index >= 15 is 0 Å². The number of rotatable bonds is 4. The number of thioether (sulfide) groups is 8. The molecule has 0 aromatic heterocycles. The van der Waals surface area contributed by atoms with Crippen LogP contribution in [0.1, 0.15) is 44.5 Å². The van der Waals surface area contributed by atoms with E-state index < -0.39 is 195 Å². The minimum Gasteiger partial charge on any atom is -0.194 e. The van der Waals surface area contributed by atoms with Gasteiger partial charge in [-0.2, -0.15) is 221 Å². The summed E-state index contributed by atoms with van der Waals surface area (Å²) in [5, 5.41) is 0. The van der Waals surface area contributed by atoms with E-state index in [1.165, 1.54) is 92.0 Å². The second-order valence-corrected chi connectivity index (χ2v) is 26.9. The minimum absolute atomic E-state index is 0. The van der Waals surface area contributed by atoms with Gasteiger partial charge in [-0.25, -0.2) is 0 Å². The van der Waals surface area contributed by atoms with Crippen LogP contribution < -0.4 is 51.4 Å². The first-order valence-electron chi connectivity index (χ1n) is 23.2. The Hall–Kier alpha value is -0.935. The maximum absolute atomic E-state index is 14.2. The Labute approximate surface area is 511 Å². The van der Waals surface area contributed by atoms with Crippen LogP contribution in [0.25, 0.3) is 0 Å². The molecule has 1 aliphatic heterocycles. The number of hydrogen-bond donors (Lipinski definition) is 0. The van der Waals surface area contributed by atoms with Crippen LogP contribution in [-0.2, 0) is 49.4 Å². The van der Waals surface area contributed by atoms with E-state index in [2.05, 4.69) is 94.1 Å². The smallest absolute Gasteiger partial charge is 0.194 e. The molecule has 0 N–H and O–H groups in total. The van der Waals surface area contributed by atoms with Gasteiger partial charge in [-0.15, -0.1) is 0 Å². The van der Waals surface area contributed by atoms with E-state index in [1.807, 2.05) is 0 Å². The summed E-state index contributed by atoms with van der Waals surface area (Å²) in [5.41, 5.74) is -30.2. The SMILES string of the molecule is C1CSCCSCCSCCSCCSCCSCCSCCS1.FC(F)(F)c1cc([B-](c2cc(C(F)(F)F)cc(C(F)(F)F)c2)(c2cc(C(F)(F)F)cc(C(F)(F)F)c2)c2cc(C(F)(F)F)cc(C(F)(F)F)c2)cc(C(F)(F)F)c1.[Na+]. The normalized spacial score (nSPS) is 17.0. The fourth-order valence-corrected chi connectivity index (χ4v) is 17.0. The predicted octanol–water partition coefficient (Wildman–Crippen LogP) is 14.1. The molecule has 5 rings (SSSR count). The van der Waals surface area contributed by atoms with Crippen molar-refractivity contribution in [2.45, 2.75) is 49.4 Å². The van der Waals surface area contributed by atoms with Gasteiger partial charge in [0.1, 0.15) is 6.15 Å². The Kier molecular flexibility index (Phi) is 29.4. The Morgan fingerprint density at radius 1 is 0.195 bits per heavy atom. The first-order valence-corrected chi connectivity index (χ1v) is 32.5. The zero-order valence-electron chi connectivity index (χ0n) is 42.2. The molecular weight excluding hydrogens is 1320 g/mol. The Morgan fingerprint density at radius 3 is 0.378 bits per heavy atom. The molecule has 1 fully saturated rings. The van der Waals surface area contributed by atoms with Crippen LogP contribution in [0.2, 0.25) is 0 Å². The van der Waals surface area contributed by atoms with Crippen molar-refractivity contribution < 1.29 is 135 Å². The third-order valence-electron chi connectivity index (χ3n) is 11.4. The predicted molar refractivity (Wildman–Crippen MR) is 289 cm³/mol. The van der Waals surface area contributed by atoms with Gasteiger partial charge in [-0.3, -0.25) is 0 Å². The molecule has 4 aromatic carbocycles. The van der Waals surface area contributed by atoms with Gasteiger partial charge in [0.05, 0.1) is 44.5 Å². The minimum atomic E-state index is -6.13. The Balaban J connectivity index is 0.000000591. The monoisotopic (exact) mass is 1370 g/mol. The standard InChI is InChI=1S/C32H12BF24.C16H32S8.Na/c34-25(35,36)13-1-14(26(37,38)39)6-21(5-13)33(22-7-15(27(40,41)42)2-16(8-22)28(43,44)45,23-9-17(29(46,47)48)3-18(10-23)30(49,50)51)24-11-19(31(52,53)54)4-20(12-24)32(55,56)57;1-2-18-5-6-20-9-10-22-13-14-24-16-15-23-12-11-21-8-7-19-4-3-17-1;/h1-12H;1-16H2;/q-1;;+1. The maximum Gasteiger partial charge on any atom is 1.00 e. The molecule has 0 unspecified atom stereocenters. The van der Waals surface area contributed by atoms with Crippen molar-refractivity contribution >= 4 is 122 Å². The summed E-state index contributed by atoms with van der Waals surface area (Å²) in [6.45, 7) is 0. The van der Waals surface area contributed by atoms with E-state index in [1.54, 1.807) is 0 Å². The molecule has 0 amide bonds. The molecule has 0 saturated carbocycles. The average Bonchev–Trinajstić information content (AvgIpc) is 3.33. The molecule has 0 atom stereocenters. The van der Waals surface area contributed by atoms with Gasteiger partial charge in [0.15, 0.2) is 0 Å². The molecule has 1 saturated heterocycles. The molecule has 0 aliphatic carbocycles. The third kappa shape index (κ3) is 23.5. The molecule has 0 nitrogen and oxygen atoms in total. The van der Waals surface area contributed by atoms with Crippen LogP contribution in [0.3, 0.4) is 0 Å². The van der Waals surface area contributed by atoms with Crippen molar-refractivity contribution in [3.05, 3.63) is 117 Å². The summed E-state index contributed by atoms with van der Waals surface area (Å²) in [7, 11) is 0. The van der Waals surface area contributed by atoms with E-state index in [9.17, 15) is 105 Å². The molecule has 456 valence electrons. The molecule has 1 heterocycles. The zero-order valence-corrected chi connectivity index (χ0v) is 50.7. The largest absolute Gasteiger partial charge is 1.00 e. The molecule has 0 spiro atoms. The van der Waals surface area contributed by atoms with E-state index in [0.29, 0.717) is 0 Å². The van der Waals surface area contributed by atoms with Crippen LogP contribution >= 0.6 is 94.1 Å². The van der Waals surface area contributed by atoms with Gasteiger partial charge in [0, 0.05) is 92.0 Å². The Bertz CT molecular complexity index is 2070. The van der Waals surface area contributed by atoms with Crippen molar-refractivity contribution in [1.29, 1.82) is 0 Å². The summed E-state index contributed by atoms with van der Waals surface area (Å²) in [4.78, 5) is 0. The van der Waals surface area contributed by atoms with E-state index in [0.717, 1.165) is 0 Å². The van der Waals surface area contributed by atoms with E-state index in [-0.39, 0.29) is 29.6 Å². The van der Waals surface area contributed by atoms with Gasteiger partial charge in [0.2, 0.25) is 0 Å². The number of hydrogen-bond acceptors (Lipinski definition) is 8. The van der Waals surface area contributed by atoms with Crippen LogP contribution in [0, 0.1) is 0 Å². The first-order chi connectivity index (χ1) is 37.3. The van der Waals surface area contributed by atoms with Gasteiger partial charge in [-0.1, -0.05) is 48.5 Å². The molecular formula is C48H44BF24NaS8. The molecule has 82 heavy (non-hydrogen) atoms. The van der Waals surface area contributed by atoms with Crippen molar-refractivity contribution in [3.8, 4) is 0 Å². The summed E-state index contributed by atoms with van der Waals surface area (Å²) in [5.74, 6) is 21.5. The second-order valence-electron chi connectivity index (χ2n) is 17.1. The Morgan fingerprint density at radius 2 is 0.293 bits per heavy atom. The fourth-order valence-electron chi connectivity index (χ4n) is 7.83. The van der Waals surface area contributed by atoms with Crippen LogP contribution in [-0.4, -0.2) is 98.2 Å². The van der Waals surface area contributed by atoms with Crippen molar-refractivity contribution in [1.82, 2.24) is 0 Å². The van der Waals surface area contributed by atoms with Gasteiger partial charge >= 0.3 is 79.0 Å². The number of benzene rings is 4. The topological polar surface area (TPSA) is 0 Å². The number of halogens is 24. The van der Waals surface area contributed by atoms with E-state index in [4.69, 9.17) is 0 Å². The van der Waals surface area contributed by atoms with Crippen molar-refractivity contribution in [2.24, 2.45) is 0 Å². The third-order valence-corrected chi connectivity index (χ3v) is 21.4. The first kappa shape index (κ1) is 75.3. The zero-order chi connectivity index (χ0) is 60.9. The maximum atomic E-state index is 14.2. The second kappa shape index (κ2) is 32.0. The van der Waals surface area contributed by atoms with Crippen molar-refractivity contribution in [3.63, 3.8) is 0 Å². The summed E-state index contributed by atoms with van der Waals surface area (Å²) < 4.78 is 341. The molecule has 34 heteroatoms. The number of alkyl halides is 24. The van der Waals surface area contributed by atoms with Gasteiger partial charge in [-0.05, 0) is 24.3 Å². The molecule has 0 bridgehead atoms. The van der Waals surface area contributed by atoms with Crippen LogP contribution in [0.5, 0.6) is 0 Å². The average molecular weight is 1370 g/mol.